The van der Waals surface area contributed by atoms with E-state index in [2.05, 4.69) is 16.0 Å². The monoisotopic (exact) mass is 361 g/mol. The van der Waals surface area contributed by atoms with E-state index in [0.29, 0.717) is 16.4 Å². The Hall–Kier alpha value is -2.60. The van der Waals surface area contributed by atoms with Gasteiger partial charge < -0.3 is 16.0 Å². The van der Waals surface area contributed by atoms with E-state index in [0.717, 1.165) is 12.8 Å². The van der Waals surface area contributed by atoms with Crippen LogP contribution in [0.1, 0.15) is 12.8 Å². The van der Waals surface area contributed by atoms with E-state index < -0.39 is 11.7 Å². The van der Waals surface area contributed by atoms with E-state index in [1.165, 1.54) is 18.2 Å². The lowest BCUT2D eigenvalue weighted by molar-refractivity contribution is -0.117. The second-order valence-electron chi connectivity index (χ2n) is 5.87. The summed E-state index contributed by atoms with van der Waals surface area (Å²) in [6.45, 7) is -0.0280. The number of amides is 2. The molecule has 130 valence electrons. The van der Waals surface area contributed by atoms with Crippen LogP contribution >= 0.6 is 11.6 Å². The van der Waals surface area contributed by atoms with Crippen molar-refractivity contribution in [2.24, 2.45) is 5.92 Å². The van der Waals surface area contributed by atoms with E-state index >= 15 is 0 Å². The van der Waals surface area contributed by atoms with Gasteiger partial charge in [-0.1, -0.05) is 11.6 Å². The smallest absolute Gasteiger partial charge is 0.243 e. The highest BCUT2D eigenvalue weighted by Gasteiger charge is 2.29. The molecular weight excluding hydrogens is 345 g/mol. The summed E-state index contributed by atoms with van der Waals surface area (Å²) >= 11 is 5.78. The van der Waals surface area contributed by atoms with E-state index in [9.17, 15) is 14.0 Å². The highest BCUT2D eigenvalue weighted by molar-refractivity contribution is 6.30. The molecule has 0 unspecified atom stereocenters. The van der Waals surface area contributed by atoms with E-state index in [1.54, 1.807) is 24.3 Å². The summed E-state index contributed by atoms with van der Waals surface area (Å²) in [6, 6.07) is 11.0. The lowest BCUT2D eigenvalue weighted by Gasteiger charge is -2.10. The molecule has 3 N–H and O–H groups in total. The normalized spacial score (nSPS) is 13.2. The quantitative estimate of drug-likeness (QED) is 0.731. The average molecular weight is 362 g/mol. The zero-order valence-corrected chi connectivity index (χ0v) is 14.1. The SMILES string of the molecule is O=C(CNc1ccc(NC(=O)C2CC2)cc1)Nc1cc(Cl)ccc1F. The Morgan fingerprint density at radius 2 is 1.72 bits per heavy atom. The summed E-state index contributed by atoms with van der Waals surface area (Å²) < 4.78 is 13.6. The molecule has 0 saturated heterocycles. The average Bonchev–Trinajstić information content (AvgIpc) is 3.43. The molecular formula is C18H17ClFN3O2. The zero-order chi connectivity index (χ0) is 17.8. The van der Waals surface area contributed by atoms with Gasteiger partial charge in [-0.25, -0.2) is 4.39 Å². The molecule has 2 aromatic carbocycles. The summed E-state index contributed by atoms with van der Waals surface area (Å²) in [6.07, 6.45) is 1.90. The molecule has 3 rings (SSSR count). The van der Waals surface area contributed by atoms with Gasteiger partial charge in [0, 0.05) is 22.3 Å². The third-order valence-electron chi connectivity index (χ3n) is 3.76. The summed E-state index contributed by atoms with van der Waals surface area (Å²) in [5, 5.41) is 8.58. The van der Waals surface area contributed by atoms with Gasteiger partial charge in [0.1, 0.15) is 5.82 Å². The summed E-state index contributed by atoms with van der Waals surface area (Å²) in [5.41, 5.74) is 1.47. The molecule has 0 radical (unpaired) electrons. The van der Waals surface area contributed by atoms with Gasteiger partial charge in [0.2, 0.25) is 11.8 Å². The van der Waals surface area contributed by atoms with Gasteiger partial charge in [-0.3, -0.25) is 9.59 Å². The molecule has 0 aromatic heterocycles. The van der Waals surface area contributed by atoms with Crippen LogP contribution in [0.3, 0.4) is 0 Å². The van der Waals surface area contributed by atoms with Crippen LogP contribution in [-0.2, 0) is 9.59 Å². The first-order valence-corrected chi connectivity index (χ1v) is 8.29. The minimum Gasteiger partial charge on any atom is -0.376 e. The Bertz CT molecular complexity index is 791. The largest absolute Gasteiger partial charge is 0.376 e. The summed E-state index contributed by atoms with van der Waals surface area (Å²) in [5.74, 6) is -0.752. The van der Waals surface area contributed by atoms with Crippen LogP contribution in [0.4, 0.5) is 21.5 Å². The second kappa shape index (κ2) is 7.53. The molecule has 1 fully saturated rings. The first kappa shape index (κ1) is 17.2. The molecule has 5 nitrogen and oxygen atoms in total. The Labute approximate surface area is 149 Å². The molecule has 1 aliphatic carbocycles. The molecule has 2 amide bonds. The summed E-state index contributed by atoms with van der Waals surface area (Å²) in [7, 11) is 0. The van der Waals surface area contributed by atoms with Crippen LogP contribution in [0.5, 0.6) is 0 Å². The molecule has 25 heavy (non-hydrogen) atoms. The fourth-order valence-corrected chi connectivity index (χ4v) is 2.40. The fraction of sp³-hybridized carbons (Fsp3) is 0.222. The van der Waals surface area contributed by atoms with Crippen molar-refractivity contribution in [3.8, 4) is 0 Å². The van der Waals surface area contributed by atoms with Gasteiger partial charge in [-0.05, 0) is 55.3 Å². The maximum atomic E-state index is 13.6. The molecule has 2 aromatic rings. The van der Waals surface area contributed by atoms with Crippen LogP contribution in [-0.4, -0.2) is 18.4 Å². The number of carbonyl (C=O) groups is 2. The second-order valence-corrected chi connectivity index (χ2v) is 6.30. The molecule has 0 spiro atoms. The van der Waals surface area contributed by atoms with Gasteiger partial charge in [0.25, 0.3) is 0 Å². The minimum atomic E-state index is -0.548. The van der Waals surface area contributed by atoms with Crippen molar-refractivity contribution in [1.82, 2.24) is 0 Å². The molecule has 1 aliphatic rings. The van der Waals surface area contributed by atoms with Crippen molar-refractivity contribution in [3.63, 3.8) is 0 Å². The highest BCUT2D eigenvalue weighted by Crippen LogP contribution is 2.30. The molecule has 1 saturated carbocycles. The number of nitrogens with one attached hydrogen (secondary N) is 3. The van der Waals surface area contributed by atoms with Crippen LogP contribution in [0, 0.1) is 11.7 Å². The number of rotatable bonds is 6. The number of hydrogen-bond acceptors (Lipinski definition) is 3. The van der Waals surface area contributed by atoms with E-state index in [-0.39, 0.29) is 24.1 Å². The summed E-state index contributed by atoms with van der Waals surface area (Å²) in [4.78, 5) is 23.6. The van der Waals surface area contributed by atoms with Crippen molar-refractivity contribution in [2.75, 3.05) is 22.5 Å². The number of hydrogen-bond donors (Lipinski definition) is 3. The van der Waals surface area contributed by atoms with E-state index in [4.69, 9.17) is 11.6 Å². The Balaban J connectivity index is 1.49. The van der Waals surface area contributed by atoms with Crippen molar-refractivity contribution in [3.05, 3.63) is 53.3 Å². The molecule has 0 heterocycles. The molecule has 0 atom stereocenters. The lowest BCUT2D eigenvalue weighted by Crippen LogP contribution is -2.22. The van der Waals surface area contributed by atoms with Crippen molar-refractivity contribution < 1.29 is 14.0 Å². The highest BCUT2D eigenvalue weighted by atomic mass is 35.5. The fourth-order valence-electron chi connectivity index (χ4n) is 2.23. The maximum absolute atomic E-state index is 13.6. The van der Waals surface area contributed by atoms with Crippen molar-refractivity contribution in [1.29, 1.82) is 0 Å². The van der Waals surface area contributed by atoms with Crippen LogP contribution in [0.15, 0.2) is 42.5 Å². The number of carbonyl (C=O) groups excluding carboxylic acids is 2. The van der Waals surface area contributed by atoms with Gasteiger partial charge in [0.05, 0.1) is 12.2 Å². The number of halogens is 2. The van der Waals surface area contributed by atoms with Gasteiger partial charge >= 0.3 is 0 Å². The van der Waals surface area contributed by atoms with Crippen molar-refractivity contribution in [2.45, 2.75) is 12.8 Å². The predicted molar refractivity (Wildman–Crippen MR) is 96.3 cm³/mol. The Morgan fingerprint density at radius 1 is 1.04 bits per heavy atom. The van der Waals surface area contributed by atoms with Crippen LogP contribution < -0.4 is 16.0 Å². The molecule has 7 heteroatoms. The first-order chi connectivity index (χ1) is 12.0. The standard InChI is InChI=1S/C18H17ClFN3O2/c19-12-3-8-15(20)16(9-12)23-17(24)10-21-13-4-6-14(7-5-13)22-18(25)11-1-2-11/h3-9,11,21H,1-2,10H2,(H,22,25)(H,23,24). The van der Waals surface area contributed by atoms with Gasteiger partial charge in [-0.2, -0.15) is 0 Å². The molecule has 0 aliphatic heterocycles. The first-order valence-electron chi connectivity index (χ1n) is 7.91. The predicted octanol–water partition coefficient (Wildman–Crippen LogP) is 3.88. The minimum absolute atomic E-state index is 0.0280. The lowest BCUT2D eigenvalue weighted by atomic mass is 10.2. The number of anilines is 3. The Kier molecular flexibility index (Phi) is 5.19. The van der Waals surface area contributed by atoms with E-state index in [1.807, 2.05) is 0 Å². The van der Waals surface area contributed by atoms with Crippen LogP contribution in [0.25, 0.3) is 0 Å². The third kappa shape index (κ3) is 4.93. The number of benzene rings is 2. The van der Waals surface area contributed by atoms with Crippen molar-refractivity contribution >= 4 is 40.5 Å². The maximum Gasteiger partial charge on any atom is 0.243 e. The van der Waals surface area contributed by atoms with Gasteiger partial charge in [-0.15, -0.1) is 0 Å². The Morgan fingerprint density at radius 3 is 2.40 bits per heavy atom. The zero-order valence-electron chi connectivity index (χ0n) is 13.3. The third-order valence-corrected chi connectivity index (χ3v) is 3.99. The molecule has 0 bridgehead atoms. The van der Waals surface area contributed by atoms with Crippen LogP contribution in [0.2, 0.25) is 5.02 Å². The topological polar surface area (TPSA) is 70.2 Å². The van der Waals surface area contributed by atoms with Gasteiger partial charge in [0.15, 0.2) is 0 Å².